The Bertz CT molecular complexity index is 1220. The Hall–Kier alpha value is -3.32. The maximum atomic E-state index is 12.1. The van der Waals surface area contributed by atoms with E-state index in [9.17, 15) is 9.59 Å². The second-order valence-electron chi connectivity index (χ2n) is 8.16. The maximum absolute atomic E-state index is 12.1. The molecule has 174 valence electrons. The minimum absolute atomic E-state index is 0.239. The van der Waals surface area contributed by atoms with Crippen molar-refractivity contribution in [3.05, 3.63) is 69.1 Å². The van der Waals surface area contributed by atoms with E-state index in [2.05, 4.69) is 11.0 Å². The molecule has 0 N–H and O–H groups in total. The molecular weight excluding hydrogens is 422 g/mol. The topological polar surface area (TPSA) is 78.2 Å². The summed E-state index contributed by atoms with van der Waals surface area (Å²) in [7, 11) is 1.67. The summed E-state index contributed by atoms with van der Waals surface area (Å²) in [5.74, 6) is 1.33. The van der Waals surface area contributed by atoms with Crippen molar-refractivity contribution in [3.63, 3.8) is 0 Å². The van der Waals surface area contributed by atoms with Crippen LogP contribution in [0.25, 0.3) is 11.0 Å². The van der Waals surface area contributed by atoms with Crippen molar-refractivity contribution in [2.75, 3.05) is 27.0 Å². The summed E-state index contributed by atoms with van der Waals surface area (Å²) >= 11 is 0. The first-order valence-electron chi connectivity index (χ1n) is 11.2. The minimum atomic E-state index is -0.382. The SMILES string of the molecule is CCOC(=O)CCc1cc2c(C)cc(=O)oc2c2c1OCN(CCc1ccccc1OC)C2. The third-order valence-corrected chi connectivity index (χ3v) is 5.93. The summed E-state index contributed by atoms with van der Waals surface area (Å²) in [4.78, 5) is 26.2. The summed E-state index contributed by atoms with van der Waals surface area (Å²) in [5.41, 5.74) is 3.91. The van der Waals surface area contributed by atoms with Crippen LogP contribution in [0.4, 0.5) is 0 Å². The number of nitrogens with zero attached hydrogens (tertiary/aromatic N) is 1. The lowest BCUT2D eigenvalue weighted by atomic mass is 9.97. The van der Waals surface area contributed by atoms with Gasteiger partial charge in [-0.1, -0.05) is 18.2 Å². The molecule has 7 nitrogen and oxygen atoms in total. The second kappa shape index (κ2) is 10.1. The van der Waals surface area contributed by atoms with E-state index in [1.54, 1.807) is 14.0 Å². The molecule has 0 saturated heterocycles. The summed E-state index contributed by atoms with van der Waals surface area (Å²) in [5, 5.41) is 0.863. The van der Waals surface area contributed by atoms with Crippen molar-refractivity contribution in [1.82, 2.24) is 4.90 Å². The van der Waals surface area contributed by atoms with Crippen LogP contribution in [-0.2, 0) is 28.9 Å². The van der Waals surface area contributed by atoms with Gasteiger partial charge in [0, 0.05) is 31.0 Å². The molecule has 2 aromatic carbocycles. The summed E-state index contributed by atoms with van der Waals surface area (Å²) in [6.45, 7) is 5.80. The van der Waals surface area contributed by atoms with Crippen LogP contribution in [-0.4, -0.2) is 37.9 Å². The minimum Gasteiger partial charge on any atom is -0.496 e. The molecule has 0 fully saturated rings. The smallest absolute Gasteiger partial charge is 0.336 e. The Labute approximate surface area is 192 Å². The van der Waals surface area contributed by atoms with E-state index < -0.39 is 0 Å². The molecule has 0 unspecified atom stereocenters. The van der Waals surface area contributed by atoms with Crippen LogP contribution in [0.2, 0.25) is 0 Å². The van der Waals surface area contributed by atoms with E-state index in [1.807, 2.05) is 31.2 Å². The van der Waals surface area contributed by atoms with Gasteiger partial charge in [-0.15, -0.1) is 0 Å². The molecule has 0 spiro atoms. The lowest BCUT2D eigenvalue weighted by Crippen LogP contribution is -2.34. The first kappa shape index (κ1) is 22.9. The molecule has 0 amide bonds. The highest BCUT2D eigenvalue weighted by Crippen LogP contribution is 2.37. The van der Waals surface area contributed by atoms with E-state index >= 15 is 0 Å². The average molecular weight is 452 g/mol. The molecule has 2 heterocycles. The zero-order chi connectivity index (χ0) is 23.4. The van der Waals surface area contributed by atoms with Crippen LogP contribution >= 0.6 is 0 Å². The number of aryl methyl sites for hydroxylation is 2. The number of methoxy groups -OCH3 is 1. The molecule has 7 heteroatoms. The van der Waals surface area contributed by atoms with Gasteiger partial charge in [0.2, 0.25) is 0 Å². The second-order valence-corrected chi connectivity index (χ2v) is 8.16. The molecule has 0 atom stereocenters. The monoisotopic (exact) mass is 451 g/mol. The van der Waals surface area contributed by atoms with Gasteiger partial charge >= 0.3 is 11.6 Å². The number of carbonyl (C=O) groups is 1. The Morgan fingerprint density at radius 2 is 1.97 bits per heavy atom. The standard InChI is InChI=1S/C26H29NO6/c1-4-31-23(28)10-9-19-14-20-17(2)13-24(29)33-26(20)21-15-27(16-32-25(19)21)12-11-18-7-5-6-8-22(18)30-3/h5-8,13-14H,4,9-12,15-16H2,1-3H3. The third-order valence-electron chi connectivity index (χ3n) is 5.93. The van der Waals surface area contributed by atoms with Crippen molar-refractivity contribution in [3.8, 4) is 11.5 Å². The van der Waals surface area contributed by atoms with E-state index in [0.29, 0.717) is 37.6 Å². The van der Waals surface area contributed by atoms with E-state index in [0.717, 1.165) is 46.4 Å². The average Bonchev–Trinajstić information content (AvgIpc) is 2.81. The number of para-hydroxylation sites is 1. The van der Waals surface area contributed by atoms with Crippen LogP contribution in [0.1, 0.15) is 35.6 Å². The van der Waals surface area contributed by atoms with Gasteiger partial charge in [-0.05, 0) is 55.5 Å². The molecule has 1 aliphatic rings. The fraction of sp³-hybridized carbons (Fsp3) is 0.385. The highest BCUT2D eigenvalue weighted by Gasteiger charge is 2.25. The number of benzene rings is 2. The Kier molecular flexibility index (Phi) is 6.99. The van der Waals surface area contributed by atoms with Crippen LogP contribution in [0.5, 0.6) is 11.5 Å². The highest BCUT2D eigenvalue weighted by molar-refractivity contribution is 5.86. The zero-order valence-electron chi connectivity index (χ0n) is 19.3. The van der Waals surface area contributed by atoms with Crippen molar-refractivity contribution >= 4 is 16.9 Å². The molecular formula is C26H29NO6. The fourth-order valence-electron chi connectivity index (χ4n) is 4.29. The third kappa shape index (κ3) is 5.03. The number of rotatable bonds is 8. The zero-order valence-corrected chi connectivity index (χ0v) is 19.3. The van der Waals surface area contributed by atoms with Crippen LogP contribution in [0.15, 0.2) is 45.6 Å². The van der Waals surface area contributed by atoms with E-state index in [4.69, 9.17) is 18.6 Å². The van der Waals surface area contributed by atoms with Gasteiger partial charge in [-0.2, -0.15) is 0 Å². The predicted molar refractivity (Wildman–Crippen MR) is 125 cm³/mol. The van der Waals surface area contributed by atoms with Gasteiger partial charge in [0.25, 0.3) is 0 Å². The largest absolute Gasteiger partial charge is 0.496 e. The first-order chi connectivity index (χ1) is 16.0. The molecule has 1 aromatic heterocycles. The van der Waals surface area contributed by atoms with Crippen molar-refractivity contribution in [1.29, 1.82) is 0 Å². The molecule has 0 saturated carbocycles. The van der Waals surface area contributed by atoms with Crippen molar-refractivity contribution in [2.24, 2.45) is 0 Å². The van der Waals surface area contributed by atoms with Crippen molar-refractivity contribution in [2.45, 2.75) is 39.7 Å². The summed E-state index contributed by atoms with van der Waals surface area (Å²) < 4.78 is 22.4. The van der Waals surface area contributed by atoms with Gasteiger partial charge in [-0.3, -0.25) is 9.69 Å². The van der Waals surface area contributed by atoms with Crippen LogP contribution in [0.3, 0.4) is 0 Å². The van der Waals surface area contributed by atoms with Gasteiger partial charge < -0.3 is 18.6 Å². The number of fused-ring (bicyclic) bond motifs is 3. The molecule has 0 radical (unpaired) electrons. The predicted octanol–water partition coefficient (Wildman–Crippen LogP) is 4.00. The number of hydrogen-bond donors (Lipinski definition) is 0. The lowest BCUT2D eigenvalue weighted by molar-refractivity contribution is -0.143. The molecule has 33 heavy (non-hydrogen) atoms. The number of carbonyl (C=O) groups excluding carboxylic acids is 1. The van der Waals surface area contributed by atoms with Crippen molar-refractivity contribution < 1.29 is 23.4 Å². The Morgan fingerprint density at radius 3 is 2.76 bits per heavy atom. The molecule has 0 bridgehead atoms. The van der Waals surface area contributed by atoms with Crippen LogP contribution in [0, 0.1) is 6.92 Å². The first-order valence-corrected chi connectivity index (χ1v) is 11.2. The molecule has 1 aliphatic heterocycles. The maximum Gasteiger partial charge on any atom is 0.336 e. The quantitative estimate of drug-likeness (QED) is 0.378. The molecule has 3 aromatic rings. The lowest BCUT2D eigenvalue weighted by Gasteiger charge is -2.31. The fourth-order valence-corrected chi connectivity index (χ4v) is 4.29. The van der Waals surface area contributed by atoms with Gasteiger partial charge in [-0.25, -0.2) is 4.79 Å². The number of ether oxygens (including phenoxy) is 3. The summed E-state index contributed by atoms with van der Waals surface area (Å²) in [6, 6.07) is 11.4. The normalized spacial score (nSPS) is 13.4. The number of esters is 1. The number of hydrogen-bond acceptors (Lipinski definition) is 7. The van der Waals surface area contributed by atoms with Gasteiger partial charge in [0.1, 0.15) is 23.8 Å². The molecule has 4 rings (SSSR count). The Balaban J connectivity index is 1.63. The highest BCUT2D eigenvalue weighted by atomic mass is 16.5. The summed E-state index contributed by atoms with van der Waals surface area (Å²) in [6.07, 6.45) is 1.56. The van der Waals surface area contributed by atoms with E-state index in [1.165, 1.54) is 6.07 Å². The van der Waals surface area contributed by atoms with Gasteiger partial charge in [0.05, 0.1) is 19.3 Å². The van der Waals surface area contributed by atoms with Gasteiger partial charge in [0.15, 0.2) is 0 Å². The molecule has 0 aliphatic carbocycles. The van der Waals surface area contributed by atoms with Crippen LogP contribution < -0.4 is 15.1 Å². The Morgan fingerprint density at radius 1 is 1.15 bits per heavy atom. The van der Waals surface area contributed by atoms with E-state index in [-0.39, 0.29) is 18.0 Å².